The third-order valence-corrected chi connectivity index (χ3v) is 3.51. The van der Waals surface area contributed by atoms with Crippen LogP contribution in [-0.2, 0) is 4.74 Å². The average molecular weight is 295 g/mol. The maximum Gasteiger partial charge on any atom is 0.135 e. The predicted octanol–water partition coefficient (Wildman–Crippen LogP) is 2.68. The molecule has 22 heavy (non-hydrogen) atoms. The van der Waals surface area contributed by atoms with Crippen molar-refractivity contribution in [3.05, 3.63) is 42.2 Å². The van der Waals surface area contributed by atoms with Gasteiger partial charge in [-0.15, -0.1) is 0 Å². The van der Waals surface area contributed by atoms with Crippen LogP contribution in [0.1, 0.15) is 18.4 Å². The lowest BCUT2D eigenvalue weighted by atomic mass is 10.2. The van der Waals surface area contributed by atoms with Crippen molar-refractivity contribution in [2.75, 3.05) is 23.8 Å². The molecule has 1 aromatic heterocycles. The molecule has 0 bridgehead atoms. The molecule has 3 rings (SSSR count). The molecule has 1 aliphatic rings. The number of benzene rings is 1. The molecule has 1 unspecified atom stereocenters. The summed E-state index contributed by atoms with van der Waals surface area (Å²) < 4.78 is 5.57. The van der Waals surface area contributed by atoms with E-state index < -0.39 is 0 Å². The third-order valence-electron chi connectivity index (χ3n) is 3.51. The number of nitriles is 1. The molecule has 2 aromatic rings. The molecule has 6 nitrogen and oxygen atoms in total. The number of anilines is 3. The van der Waals surface area contributed by atoms with E-state index in [4.69, 9.17) is 10.00 Å². The van der Waals surface area contributed by atoms with Crippen LogP contribution in [0.15, 0.2) is 36.7 Å². The van der Waals surface area contributed by atoms with E-state index in [1.165, 1.54) is 6.33 Å². The minimum Gasteiger partial charge on any atom is -0.376 e. The normalized spacial score (nSPS) is 17.0. The van der Waals surface area contributed by atoms with Crippen molar-refractivity contribution in [2.24, 2.45) is 0 Å². The van der Waals surface area contributed by atoms with Gasteiger partial charge < -0.3 is 15.4 Å². The molecule has 1 atom stereocenters. The molecule has 0 radical (unpaired) electrons. The minimum absolute atomic E-state index is 0.255. The summed E-state index contributed by atoms with van der Waals surface area (Å²) >= 11 is 0. The first-order valence-corrected chi connectivity index (χ1v) is 7.29. The molecular weight excluding hydrogens is 278 g/mol. The van der Waals surface area contributed by atoms with Crippen molar-refractivity contribution in [2.45, 2.75) is 18.9 Å². The van der Waals surface area contributed by atoms with Crippen LogP contribution in [0, 0.1) is 11.3 Å². The molecule has 1 fully saturated rings. The molecule has 0 aliphatic carbocycles. The van der Waals surface area contributed by atoms with Gasteiger partial charge in [-0.1, -0.05) is 12.1 Å². The van der Waals surface area contributed by atoms with Gasteiger partial charge in [-0.2, -0.15) is 5.26 Å². The fraction of sp³-hybridized carbons (Fsp3) is 0.312. The van der Waals surface area contributed by atoms with Gasteiger partial charge in [0.1, 0.15) is 24.0 Å². The van der Waals surface area contributed by atoms with Crippen LogP contribution in [0.3, 0.4) is 0 Å². The van der Waals surface area contributed by atoms with Crippen LogP contribution in [0.25, 0.3) is 0 Å². The van der Waals surface area contributed by atoms with Crippen LogP contribution >= 0.6 is 0 Å². The first-order chi connectivity index (χ1) is 10.8. The second-order valence-electron chi connectivity index (χ2n) is 5.09. The van der Waals surface area contributed by atoms with Crippen LogP contribution in [0.5, 0.6) is 0 Å². The second-order valence-corrected chi connectivity index (χ2v) is 5.09. The second kappa shape index (κ2) is 6.87. The number of nitrogens with zero attached hydrogens (tertiary/aromatic N) is 3. The Morgan fingerprint density at radius 1 is 1.27 bits per heavy atom. The lowest BCUT2D eigenvalue weighted by Gasteiger charge is -2.12. The number of nitrogens with one attached hydrogen (secondary N) is 2. The Hall–Kier alpha value is -2.65. The van der Waals surface area contributed by atoms with Gasteiger partial charge in [0.2, 0.25) is 0 Å². The van der Waals surface area contributed by atoms with Gasteiger partial charge in [0.05, 0.1) is 17.4 Å². The summed E-state index contributed by atoms with van der Waals surface area (Å²) in [6.45, 7) is 1.58. The fourth-order valence-corrected chi connectivity index (χ4v) is 2.37. The van der Waals surface area contributed by atoms with Crippen LogP contribution in [0.4, 0.5) is 17.3 Å². The van der Waals surface area contributed by atoms with Gasteiger partial charge in [-0.05, 0) is 25.0 Å². The Balaban J connectivity index is 1.67. The first kappa shape index (κ1) is 14.3. The van der Waals surface area contributed by atoms with Gasteiger partial charge in [-0.25, -0.2) is 9.97 Å². The summed E-state index contributed by atoms with van der Waals surface area (Å²) in [5.74, 6) is 1.38. The lowest BCUT2D eigenvalue weighted by Crippen LogP contribution is -2.19. The molecule has 1 aliphatic heterocycles. The van der Waals surface area contributed by atoms with Gasteiger partial charge >= 0.3 is 0 Å². The van der Waals surface area contributed by atoms with Crippen molar-refractivity contribution in [3.8, 4) is 6.07 Å². The summed E-state index contributed by atoms with van der Waals surface area (Å²) in [5.41, 5.74) is 1.31. The smallest absolute Gasteiger partial charge is 0.135 e. The standard InChI is InChI=1S/C16H17N5O/c17-9-12-4-1-2-6-14(12)21-16-8-15(19-11-20-16)18-10-13-5-3-7-22-13/h1-2,4,6,8,11,13H,3,5,7,10H2,(H2,18,19,20,21). The minimum atomic E-state index is 0.255. The molecule has 0 spiro atoms. The highest BCUT2D eigenvalue weighted by Gasteiger charge is 2.15. The van der Waals surface area contributed by atoms with Crippen molar-refractivity contribution >= 4 is 17.3 Å². The van der Waals surface area contributed by atoms with E-state index in [1.54, 1.807) is 6.07 Å². The quantitative estimate of drug-likeness (QED) is 0.882. The predicted molar refractivity (Wildman–Crippen MR) is 83.9 cm³/mol. The van der Waals surface area contributed by atoms with E-state index >= 15 is 0 Å². The van der Waals surface area contributed by atoms with E-state index in [1.807, 2.05) is 24.3 Å². The number of aromatic nitrogens is 2. The average Bonchev–Trinajstić information content (AvgIpc) is 3.07. The zero-order valence-electron chi connectivity index (χ0n) is 12.1. The maximum absolute atomic E-state index is 9.11. The SMILES string of the molecule is N#Cc1ccccc1Nc1cc(NCC2CCCO2)ncn1. The Labute approximate surface area is 129 Å². The van der Waals surface area contributed by atoms with Crippen LogP contribution < -0.4 is 10.6 Å². The van der Waals surface area contributed by atoms with E-state index in [9.17, 15) is 0 Å². The van der Waals surface area contributed by atoms with Crippen molar-refractivity contribution < 1.29 is 4.74 Å². The van der Waals surface area contributed by atoms with E-state index in [-0.39, 0.29) is 6.10 Å². The van der Waals surface area contributed by atoms with Crippen LogP contribution in [-0.4, -0.2) is 29.2 Å². The van der Waals surface area contributed by atoms with Gasteiger partial charge in [0.15, 0.2) is 0 Å². The summed E-state index contributed by atoms with van der Waals surface area (Å²) in [5, 5.41) is 15.5. The summed E-state index contributed by atoms with van der Waals surface area (Å²) in [4.78, 5) is 8.39. The first-order valence-electron chi connectivity index (χ1n) is 7.29. The summed E-state index contributed by atoms with van der Waals surface area (Å²) in [6, 6.07) is 11.3. The number of para-hydroxylation sites is 1. The fourth-order valence-electron chi connectivity index (χ4n) is 2.37. The van der Waals surface area contributed by atoms with E-state index in [0.717, 1.165) is 37.5 Å². The number of ether oxygens (including phenoxy) is 1. The zero-order valence-corrected chi connectivity index (χ0v) is 12.1. The van der Waals surface area contributed by atoms with Crippen molar-refractivity contribution in [1.29, 1.82) is 5.26 Å². The summed E-state index contributed by atoms with van der Waals surface area (Å²) in [6.07, 6.45) is 3.95. The Morgan fingerprint density at radius 2 is 2.14 bits per heavy atom. The molecule has 1 aromatic carbocycles. The highest BCUT2D eigenvalue weighted by molar-refractivity contribution is 5.65. The molecule has 1 saturated heterocycles. The van der Waals surface area contributed by atoms with Gasteiger partial charge in [0.25, 0.3) is 0 Å². The third kappa shape index (κ3) is 3.51. The summed E-state index contributed by atoms with van der Waals surface area (Å²) in [7, 11) is 0. The highest BCUT2D eigenvalue weighted by atomic mass is 16.5. The lowest BCUT2D eigenvalue weighted by molar-refractivity contribution is 0.120. The molecule has 112 valence electrons. The topological polar surface area (TPSA) is 82.9 Å². The van der Waals surface area contributed by atoms with Crippen molar-refractivity contribution in [3.63, 3.8) is 0 Å². The van der Waals surface area contributed by atoms with Gasteiger partial charge in [0, 0.05) is 19.2 Å². The van der Waals surface area contributed by atoms with Crippen molar-refractivity contribution in [1.82, 2.24) is 9.97 Å². The number of hydrogen-bond donors (Lipinski definition) is 2. The maximum atomic E-state index is 9.11. The van der Waals surface area contributed by atoms with Gasteiger partial charge in [-0.3, -0.25) is 0 Å². The largest absolute Gasteiger partial charge is 0.376 e. The Morgan fingerprint density at radius 3 is 2.95 bits per heavy atom. The number of hydrogen-bond acceptors (Lipinski definition) is 6. The molecule has 6 heteroatoms. The molecular formula is C16H17N5O. The molecule has 0 saturated carbocycles. The van der Waals surface area contributed by atoms with E-state index in [2.05, 4.69) is 26.7 Å². The number of rotatable bonds is 5. The molecule has 2 N–H and O–H groups in total. The van der Waals surface area contributed by atoms with E-state index in [0.29, 0.717) is 11.4 Å². The Bertz CT molecular complexity index is 676. The highest BCUT2D eigenvalue weighted by Crippen LogP contribution is 2.20. The zero-order chi connectivity index (χ0) is 15.2. The monoisotopic (exact) mass is 295 g/mol. The molecule has 0 amide bonds. The molecule has 2 heterocycles. The Kier molecular flexibility index (Phi) is 4.47. The van der Waals surface area contributed by atoms with Crippen LogP contribution in [0.2, 0.25) is 0 Å².